The van der Waals surface area contributed by atoms with Gasteiger partial charge in [-0.15, -0.1) is 0 Å². The van der Waals surface area contributed by atoms with Crippen LogP contribution in [0.3, 0.4) is 0 Å². The van der Waals surface area contributed by atoms with Gasteiger partial charge in [0.15, 0.2) is 5.82 Å². The van der Waals surface area contributed by atoms with Crippen molar-refractivity contribution in [3.05, 3.63) is 16.7 Å². The summed E-state index contributed by atoms with van der Waals surface area (Å²) in [6.07, 6.45) is 3.06. The lowest BCUT2D eigenvalue weighted by molar-refractivity contribution is -0.135. The van der Waals surface area contributed by atoms with E-state index in [0.29, 0.717) is 5.82 Å². The van der Waals surface area contributed by atoms with Crippen molar-refractivity contribution < 1.29 is 14.6 Å². The minimum atomic E-state index is -0.957. The van der Waals surface area contributed by atoms with Gasteiger partial charge in [0.05, 0.1) is 13.4 Å². The lowest BCUT2D eigenvalue weighted by Crippen LogP contribution is -2.34. The highest BCUT2D eigenvalue weighted by Gasteiger charge is 2.33. The quantitative estimate of drug-likeness (QED) is 0.740. The van der Waals surface area contributed by atoms with Gasteiger partial charge in [-0.3, -0.25) is 9.59 Å². The molecule has 1 aliphatic carbocycles. The van der Waals surface area contributed by atoms with Crippen molar-refractivity contribution in [2.75, 3.05) is 18.6 Å². The number of nitrogens with zero attached hydrogens (tertiary/aromatic N) is 2. The Morgan fingerprint density at radius 3 is 2.94 bits per heavy atom. The number of H-pyrrole nitrogens is 1. The van der Waals surface area contributed by atoms with E-state index in [9.17, 15) is 9.59 Å². The molecule has 1 fully saturated rings. The van der Waals surface area contributed by atoms with Crippen molar-refractivity contribution in [1.29, 1.82) is 0 Å². The molecule has 0 amide bonds. The van der Waals surface area contributed by atoms with Gasteiger partial charge in [-0.05, 0) is 12.8 Å². The number of aromatic nitrogens is 2. The minimum Gasteiger partial charge on any atom is -0.489 e. The van der Waals surface area contributed by atoms with Crippen molar-refractivity contribution in [1.82, 2.24) is 9.97 Å². The molecule has 0 aliphatic heterocycles. The number of aromatic amines is 1. The number of anilines is 1. The molecule has 2 rings (SSSR count). The highest BCUT2D eigenvalue weighted by Crippen LogP contribution is 2.33. The zero-order valence-corrected chi connectivity index (χ0v) is 9.34. The summed E-state index contributed by atoms with van der Waals surface area (Å²) in [4.78, 5) is 30.3. The number of nitrogens with one attached hydrogen (secondary N) is 1. The van der Waals surface area contributed by atoms with Crippen molar-refractivity contribution in [3.8, 4) is 5.75 Å². The van der Waals surface area contributed by atoms with Gasteiger partial charge in [0.2, 0.25) is 5.75 Å². The Balaban J connectivity index is 2.38. The smallest absolute Gasteiger partial charge is 0.323 e. The molecular formula is C10H13N3O4. The fraction of sp³-hybridized carbons (Fsp3) is 0.500. The Morgan fingerprint density at radius 1 is 1.71 bits per heavy atom. The minimum absolute atomic E-state index is 0.0562. The number of hydrogen-bond donors (Lipinski definition) is 2. The highest BCUT2D eigenvalue weighted by atomic mass is 16.5. The molecule has 92 valence electrons. The standard InChI is InChI=1S/C10H13N3O4/c1-17-8-9(11-5-12-10(8)16)13(4-7(14)15)6-2-3-6/h5-6H,2-4H2,1H3,(H,14,15)(H,11,12,16). The second kappa shape index (κ2) is 4.44. The molecule has 0 atom stereocenters. The molecule has 0 unspecified atom stereocenters. The summed E-state index contributed by atoms with van der Waals surface area (Å²) in [6, 6.07) is 0.134. The average Bonchev–Trinajstić information content (AvgIpc) is 3.09. The maximum Gasteiger partial charge on any atom is 0.323 e. The second-order valence-electron chi connectivity index (χ2n) is 3.84. The van der Waals surface area contributed by atoms with Crippen LogP contribution in [-0.4, -0.2) is 40.7 Å². The van der Waals surface area contributed by atoms with Gasteiger partial charge in [-0.25, -0.2) is 4.98 Å². The third-order valence-electron chi connectivity index (χ3n) is 2.56. The van der Waals surface area contributed by atoms with Crippen molar-refractivity contribution >= 4 is 11.8 Å². The number of methoxy groups -OCH3 is 1. The first kappa shape index (κ1) is 11.4. The molecule has 1 aliphatic rings. The number of carbonyl (C=O) groups is 1. The van der Waals surface area contributed by atoms with Crippen LogP contribution in [0.4, 0.5) is 5.82 Å². The van der Waals surface area contributed by atoms with Crippen LogP contribution in [-0.2, 0) is 4.79 Å². The Bertz CT molecular complexity index is 481. The largest absolute Gasteiger partial charge is 0.489 e. The van der Waals surface area contributed by atoms with Crippen LogP contribution in [0.1, 0.15) is 12.8 Å². The number of carboxylic acids is 1. The molecule has 0 radical (unpaired) electrons. The van der Waals surface area contributed by atoms with E-state index in [2.05, 4.69) is 9.97 Å². The lowest BCUT2D eigenvalue weighted by Gasteiger charge is -2.22. The molecule has 0 bridgehead atoms. The van der Waals surface area contributed by atoms with Gasteiger partial charge < -0.3 is 19.7 Å². The molecule has 17 heavy (non-hydrogen) atoms. The SMILES string of the molecule is COc1c(N(CC(=O)O)C2CC2)nc[nH]c1=O. The Kier molecular flexibility index (Phi) is 2.99. The van der Waals surface area contributed by atoms with E-state index in [1.54, 1.807) is 4.90 Å². The summed E-state index contributed by atoms with van der Waals surface area (Å²) in [7, 11) is 1.36. The monoisotopic (exact) mass is 239 g/mol. The summed E-state index contributed by atoms with van der Waals surface area (Å²) in [5, 5.41) is 8.86. The van der Waals surface area contributed by atoms with Crippen LogP contribution in [0.2, 0.25) is 0 Å². The third-order valence-corrected chi connectivity index (χ3v) is 2.56. The first-order valence-electron chi connectivity index (χ1n) is 5.23. The summed E-state index contributed by atoms with van der Waals surface area (Å²) < 4.78 is 4.98. The van der Waals surface area contributed by atoms with E-state index >= 15 is 0 Å². The zero-order chi connectivity index (χ0) is 12.4. The topological polar surface area (TPSA) is 95.5 Å². The Hall–Kier alpha value is -2.05. The summed E-state index contributed by atoms with van der Waals surface area (Å²) in [5.74, 6) is -0.608. The molecule has 1 aromatic heterocycles. The number of carboxylic acid groups (broad SMARTS) is 1. The van der Waals surface area contributed by atoms with Crippen LogP contribution in [0, 0.1) is 0 Å². The summed E-state index contributed by atoms with van der Waals surface area (Å²) in [6.45, 7) is -0.183. The van der Waals surface area contributed by atoms with Crippen LogP contribution in [0.15, 0.2) is 11.1 Å². The lowest BCUT2D eigenvalue weighted by atomic mass is 10.4. The van der Waals surface area contributed by atoms with Crippen molar-refractivity contribution in [2.45, 2.75) is 18.9 Å². The number of hydrogen-bond acceptors (Lipinski definition) is 5. The van der Waals surface area contributed by atoms with Crippen molar-refractivity contribution in [2.24, 2.45) is 0 Å². The molecule has 0 aromatic carbocycles. The van der Waals surface area contributed by atoms with Crippen molar-refractivity contribution in [3.63, 3.8) is 0 Å². The van der Waals surface area contributed by atoms with E-state index in [0.717, 1.165) is 12.8 Å². The summed E-state index contributed by atoms with van der Waals surface area (Å²) in [5.41, 5.74) is -0.409. The van der Waals surface area contributed by atoms with Gasteiger partial charge in [-0.2, -0.15) is 0 Å². The molecule has 7 nitrogen and oxygen atoms in total. The maximum atomic E-state index is 11.5. The third kappa shape index (κ3) is 2.38. The molecule has 7 heteroatoms. The Labute approximate surface area is 97.0 Å². The maximum absolute atomic E-state index is 11.5. The predicted octanol–water partition coefficient (Wildman–Crippen LogP) is -0.168. The molecule has 1 aromatic rings. The second-order valence-corrected chi connectivity index (χ2v) is 3.84. The first-order chi connectivity index (χ1) is 8.13. The molecule has 0 spiro atoms. The predicted molar refractivity (Wildman–Crippen MR) is 59.4 cm³/mol. The number of ether oxygens (including phenoxy) is 1. The van der Waals surface area contributed by atoms with Crippen LogP contribution in [0.5, 0.6) is 5.75 Å². The molecule has 1 heterocycles. The van der Waals surface area contributed by atoms with Crippen LogP contribution >= 0.6 is 0 Å². The van der Waals surface area contributed by atoms with E-state index < -0.39 is 11.5 Å². The molecule has 1 saturated carbocycles. The van der Waals surface area contributed by atoms with Gasteiger partial charge >= 0.3 is 5.97 Å². The fourth-order valence-electron chi connectivity index (χ4n) is 1.68. The van der Waals surface area contributed by atoms with Gasteiger partial charge in [0.1, 0.15) is 6.54 Å². The molecular weight excluding hydrogens is 226 g/mol. The Morgan fingerprint density at radius 2 is 2.41 bits per heavy atom. The summed E-state index contributed by atoms with van der Waals surface area (Å²) >= 11 is 0. The molecule has 2 N–H and O–H groups in total. The first-order valence-corrected chi connectivity index (χ1v) is 5.23. The fourth-order valence-corrected chi connectivity index (χ4v) is 1.68. The van der Waals surface area contributed by atoms with Gasteiger partial charge in [-0.1, -0.05) is 0 Å². The van der Waals surface area contributed by atoms with Gasteiger partial charge in [0, 0.05) is 6.04 Å². The van der Waals surface area contributed by atoms with E-state index in [1.165, 1.54) is 13.4 Å². The average molecular weight is 239 g/mol. The molecule has 0 saturated heterocycles. The van der Waals surface area contributed by atoms with Gasteiger partial charge in [0.25, 0.3) is 5.56 Å². The van der Waals surface area contributed by atoms with Crippen LogP contribution in [0.25, 0.3) is 0 Å². The highest BCUT2D eigenvalue weighted by molar-refractivity contribution is 5.74. The number of aliphatic carboxylic acids is 1. The number of rotatable bonds is 5. The normalized spacial score (nSPS) is 14.4. The van der Waals surface area contributed by atoms with Crippen LogP contribution < -0.4 is 15.2 Å². The zero-order valence-electron chi connectivity index (χ0n) is 9.34. The van der Waals surface area contributed by atoms with E-state index in [1.807, 2.05) is 0 Å². The van der Waals surface area contributed by atoms with E-state index in [4.69, 9.17) is 9.84 Å². The van der Waals surface area contributed by atoms with E-state index in [-0.39, 0.29) is 18.3 Å².